The number of benzene rings is 1. The molecule has 5 nitrogen and oxygen atoms in total. The molecule has 0 fully saturated rings. The van der Waals surface area contributed by atoms with E-state index in [0.29, 0.717) is 30.9 Å². The normalized spacial score (nSPS) is 13.3. The first-order valence-electron chi connectivity index (χ1n) is 7.19. The zero-order valence-electron chi connectivity index (χ0n) is 12.2. The maximum Gasteiger partial charge on any atom is 0.340 e. The molecule has 0 unspecified atom stereocenters. The minimum absolute atomic E-state index is 0.214. The van der Waals surface area contributed by atoms with Gasteiger partial charge in [-0.3, -0.25) is 0 Å². The second-order valence-electron chi connectivity index (χ2n) is 4.84. The summed E-state index contributed by atoms with van der Waals surface area (Å²) < 4.78 is 5.20. The predicted molar refractivity (Wildman–Crippen MR) is 81.4 cm³/mol. The number of hydrogen-bond acceptors (Lipinski definition) is 3. The number of esters is 1. The SMILES string of the molecule is CCCCOC(=O)c1ccccc1NC(=O)N1CC=CC1. The molecule has 1 heterocycles. The maximum atomic E-state index is 12.1. The van der Waals surface area contributed by atoms with E-state index in [-0.39, 0.29) is 6.03 Å². The first kappa shape index (κ1) is 15.1. The van der Waals surface area contributed by atoms with Gasteiger partial charge in [0.1, 0.15) is 0 Å². The molecule has 2 rings (SSSR count). The van der Waals surface area contributed by atoms with Crippen LogP contribution in [0.4, 0.5) is 10.5 Å². The van der Waals surface area contributed by atoms with Gasteiger partial charge in [-0.2, -0.15) is 0 Å². The van der Waals surface area contributed by atoms with Crippen LogP contribution in [0.15, 0.2) is 36.4 Å². The van der Waals surface area contributed by atoms with Crippen LogP contribution in [0.2, 0.25) is 0 Å². The van der Waals surface area contributed by atoms with E-state index in [9.17, 15) is 9.59 Å². The van der Waals surface area contributed by atoms with Crippen molar-refractivity contribution in [3.8, 4) is 0 Å². The Kier molecular flexibility index (Phi) is 5.37. The fraction of sp³-hybridized carbons (Fsp3) is 0.375. The monoisotopic (exact) mass is 288 g/mol. The third-order valence-electron chi connectivity index (χ3n) is 3.23. The lowest BCUT2D eigenvalue weighted by atomic mass is 10.2. The Labute approximate surface area is 124 Å². The van der Waals surface area contributed by atoms with E-state index < -0.39 is 5.97 Å². The van der Waals surface area contributed by atoms with Crippen LogP contribution in [0.3, 0.4) is 0 Å². The summed E-state index contributed by atoms with van der Waals surface area (Å²) in [5.74, 6) is -0.404. The van der Waals surface area contributed by atoms with Gasteiger partial charge >= 0.3 is 12.0 Å². The molecule has 0 aromatic heterocycles. The Morgan fingerprint density at radius 2 is 1.95 bits per heavy atom. The Bertz CT molecular complexity index is 532. The number of nitrogens with zero attached hydrogens (tertiary/aromatic N) is 1. The summed E-state index contributed by atoms with van der Waals surface area (Å²) in [7, 11) is 0. The third-order valence-corrected chi connectivity index (χ3v) is 3.23. The van der Waals surface area contributed by atoms with Gasteiger partial charge in [-0.25, -0.2) is 9.59 Å². The zero-order valence-corrected chi connectivity index (χ0v) is 12.2. The molecular weight excluding hydrogens is 268 g/mol. The van der Waals surface area contributed by atoms with Crippen LogP contribution in [-0.2, 0) is 4.74 Å². The van der Waals surface area contributed by atoms with Crippen molar-refractivity contribution < 1.29 is 14.3 Å². The molecule has 21 heavy (non-hydrogen) atoms. The molecule has 0 saturated heterocycles. The van der Waals surface area contributed by atoms with E-state index in [2.05, 4.69) is 5.32 Å². The lowest BCUT2D eigenvalue weighted by Crippen LogP contribution is -2.33. The molecule has 1 aliphatic heterocycles. The highest BCUT2D eigenvalue weighted by molar-refractivity contribution is 6.00. The number of carbonyl (C=O) groups is 2. The van der Waals surface area contributed by atoms with Gasteiger partial charge in [0.15, 0.2) is 0 Å². The molecule has 5 heteroatoms. The fourth-order valence-corrected chi connectivity index (χ4v) is 2.00. The largest absolute Gasteiger partial charge is 0.462 e. The van der Waals surface area contributed by atoms with Crippen LogP contribution in [-0.4, -0.2) is 36.6 Å². The lowest BCUT2D eigenvalue weighted by molar-refractivity contribution is 0.0501. The summed E-state index contributed by atoms with van der Waals surface area (Å²) in [4.78, 5) is 25.8. The van der Waals surface area contributed by atoms with Gasteiger partial charge in [0.2, 0.25) is 0 Å². The Hall–Kier alpha value is -2.30. The molecule has 0 radical (unpaired) electrons. The number of ether oxygens (including phenoxy) is 1. The standard InChI is InChI=1S/C16H20N2O3/c1-2-3-12-21-15(19)13-8-4-5-9-14(13)17-16(20)18-10-6-7-11-18/h4-9H,2-3,10-12H2,1H3,(H,17,20). The minimum atomic E-state index is -0.404. The van der Waals surface area contributed by atoms with Crippen LogP contribution >= 0.6 is 0 Å². The molecule has 0 aliphatic carbocycles. The highest BCUT2D eigenvalue weighted by atomic mass is 16.5. The van der Waals surface area contributed by atoms with Crippen molar-refractivity contribution in [1.29, 1.82) is 0 Å². The zero-order chi connectivity index (χ0) is 15.1. The number of unbranched alkanes of at least 4 members (excludes halogenated alkanes) is 1. The Morgan fingerprint density at radius 1 is 1.24 bits per heavy atom. The molecule has 2 amide bonds. The van der Waals surface area contributed by atoms with Crippen LogP contribution in [0.1, 0.15) is 30.1 Å². The number of anilines is 1. The smallest absolute Gasteiger partial charge is 0.340 e. The number of hydrogen-bond donors (Lipinski definition) is 1. The summed E-state index contributed by atoms with van der Waals surface area (Å²) >= 11 is 0. The molecule has 0 atom stereocenters. The number of amides is 2. The Balaban J connectivity index is 2.02. The van der Waals surface area contributed by atoms with Crippen LogP contribution in [0.25, 0.3) is 0 Å². The van der Waals surface area contributed by atoms with Crippen LogP contribution < -0.4 is 5.32 Å². The average molecular weight is 288 g/mol. The molecule has 0 spiro atoms. The van der Waals surface area contributed by atoms with E-state index in [1.54, 1.807) is 29.2 Å². The molecular formula is C16H20N2O3. The van der Waals surface area contributed by atoms with Gasteiger partial charge in [-0.1, -0.05) is 37.6 Å². The average Bonchev–Trinajstić information content (AvgIpc) is 3.02. The summed E-state index contributed by atoms with van der Waals surface area (Å²) in [6, 6.07) is 6.68. The summed E-state index contributed by atoms with van der Waals surface area (Å²) in [6.45, 7) is 3.61. The first-order valence-corrected chi connectivity index (χ1v) is 7.19. The minimum Gasteiger partial charge on any atom is -0.462 e. The summed E-state index contributed by atoms with van der Waals surface area (Å²) in [6.07, 6.45) is 5.67. The van der Waals surface area contributed by atoms with Gasteiger partial charge in [-0.05, 0) is 18.6 Å². The van der Waals surface area contributed by atoms with Gasteiger partial charge in [0.05, 0.1) is 17.9 Å². The van der Waals surface area contributed by atoms with Crippen molar-refractivity contribution in [2.24, 2.45) is 0 Å². The quantitative estimate of drug-likeness (QED) is 0.514. The molecule has 1 aliphatic rings. The van der Waals surface area contributed by atoms with Crippen molar-refractivity contribution in [2.45, 2.75) is 19.8 Å². The van der Waals surface area contributed by atoms with Gasteiger partial charge in [0.25, 0.3) is 0 Å². The number of carbonyl (C=O) groups excluding carboxylic acids is 2. The third kappa shape index (κ3) is 4.08. The molecule has 1 aromatic rings. The van der Waals surface area contributed by atoms with Crippen molar-refractivity contribution in [1.82, 2.24) is 4.90 Å². The molecule has 112 valence electrons. The van der Waals surface area contributed by atoms with Crippen molar-refractivity contribution >= 4 is 17.7 Å². The van der Waals surface area contributed by atoms with Crippen LogP contribution in [0, 0.1) is 0 Å². The van der Waals surface area contributed by atoms with Crippen molar-refractivity contribution in [3.05, 3.63) is 42.0 Å². The molecule has 1 aromatic carbocycles. The summed E-state index contributed by atoms with van der Waals surface area (Å²) in [5, 5.41) is 2.77. The maximum absolute atomic E-state index is 12.1. The molecule has 0 bridgehead atoms. The highest BCUT2D eigenvalue weighted by Gasteiger charge is 2.18. The van der Waals surface area contributed by atoms with Gasteiger partial charge in [0, 0.05) is 13.1 Å². The lowest BCUT2D eigenvalue weighted by Gasteiger charge is -2.17. The van der Waals surface area contributed by atoms with E-state index in [4.69, 9.17) is 4.74 Å². The predicted octanol–water partition coefficient (Wildman–Crippen LogP) is 3.05. The first-order chi connectivity index (χ1) is 10.2. The molecule has 0 saturated carbocycles. The second-order valence-corrected chi connectivity index (χ2v) is 4.84. The van der Waals surface area contributed by atoms with Crippen molar-refractivity contribution in [3.63, 3.8) is 0 Å². The topological polar surface area (TPSA) is 58.6 Å². The van der Waals surface area contributed by atoms with Crippen LogP contribution in [0.5, 0.6) is 0 Å². The van der Waals surface area contributed by atoms with Gasteiger partial charge in [-0.15, -0.1) is 0 Å². The number of rotatable bonds is 5. The number of urea groups is 1. The highest BCUT2D eigenvalue weighted by Crippen LogP contribution is 2.17. The summed E-state index contributed by atoms with van der Waals surface area (Å²) in [5.41, 5.74) is 0.866. The van der Waals surface area contributed by atoms with E-state index >= 15 is 0 Å². The van der Waals surface area contributed by atoms with Crippen molar-refractivity contribution in [2.75, 3.05) is 25.0 Å². The van der Waals surface area contributed by atoms with E-state index in [1.807, 2.05) is 19.1 Å². The fourth-order valence-electron chi connectivity index (χ4n) is 2.00. The number of para-hydroxylation sites is 1. The van der Waals surface area contributed by atoms with E-state index in [0.717, 1.165) is 12.8 Å². The second kappa shape index (κ2) is 7.47. The molecule has 1 N–H and O–H groups in total. The number of nitrogens with one attached hydrogen (secondary N) is 1. The van der Waals surface area contributed by atoms with E-state index in [1.165, 1.54) is 0 Å². The Morgan fingerprint density at radius 3 is 2.67 bits per heavy atom. The van der Waals surface area contributed by atoms with Gasteiger partial charge < -0.3 is 15.0 Å².